The minimum Gasteiger partial charge on any atom is -0.357 e. The first-order valence-electron chi connectivity index (χ1n) is 8.64. The maximum Gasteiger partial charge on any atom is 0.229 e. The number of nitrogens with one attached hydrogen (secondary N) is 2. The third-order valence-electron chi connectivity index (χ3n) is 4.04. The molecule has 6 nitrogen and oxygen atoms in total. The Morgan fingerprint density at radius 1 is 1.24 bits per heavy atom. The van der Waals surface area contributed by atoms with E-state index < -0.39 is 0 Å². The van der Waals surface area contributed by atoms with E-state index in [0.717, 1.165) is 12.1 Å². The molecule has 1 aliphatic heterocycles. The second kappa shape index (κ2) is 9.42. The number of hydrogen-bond donors (Lipinski definition) is 2. The molecule has 1 aliphatic rings. The van der Waals surface area contributed by atoms with Crippen molar-refractivity contribution in [2.75, 3.05) is 19.6 Å². The van der Waals surface area contributed by atoms with Gasteiger partial charge in [-0.25, -0.2) is 0 Å². The highest BCUT2D eigenvalue weighted by Gasteiger charge is 2.25. The Hall–Kier alpha value is -2.08. The molecule has 0 aromatic heterocycles. The van der Waals surface area contributed by atoms with Crippen molar-refractivity contribution in [2.24, 2.45) is 4.99 Å². The number of guanidine groups is 1. The fourth-order valence-corrected chi connectivity index (χ4v) is 2.80. The number of carbonyl (C=O) groups excluding carboxylic acids is 2. The predicted octanol–water partition coefficient (Wildman–Crippen LogP) is 2.50. The van der Waals surface area contributed by atoms with Crippen LogP contribution in [0.25, 0.3) is 0 Å². The van der Waals surface area contributed by atoms with Crippen molar-refractivity contribution in [1.29, 1.82) is 0 Å². The highest BCUT2D eigenvalue weighted by atomic mass is 35.5. The van der Waals surface area contributed by atoms with E-state index in [1.165, 1.54) is 4.90 Å². The summed E-state index contributed by atoms with van der Waals surface area (Å²) in [6, 6.07) is 7.69. The van der Waals surface area contributed by atoms with Gasteiger partial charge in [0.25, 0.3) is 0 Å². The van der Waals surface area contributed by atoms with Crippen molar-refractivity contribution in [2.45, 2.75) is 39.2 Å². The SMILES string of the molecule is CCNC(=NCCN1C(=O)CCCC1=O)NC(C)c1ccc(Cl)cc1. The highest BCUT2D eigenvalue weighted by Crippen LogP contribution is 2.16. The molecule has 1 heterocycles. The molecule has 7 heteroatoms. The second-order valence-corrected chi connectivity index (χ2v) is 6.41. The van der Waals surface area contributed by atoms with E-state index in [4.69, 9.17) is 11.6 Å². The van der Waals surface area contributed by atoms with Crippen LogP contribution in [0.15, 0.2) is 29.3 Å². The Kier molecular flexibility index (Phi) is 7.25. The van der Waals surface area contributed by atoms with Gasteiger partial charge in [-0.3, -0.25) is 19.5 Å². The van der Waals surface area contributed by atoms with Gasteiger partial charge in [0.2, 0.25) is 11.8 Å². The van der Waals surface area contributed by atoms with Crippen LogP contribution in [0, 0.1) is 0 Å². The van der Waals surface area contributed by atoms with Crippen molar-refractivity contribution >= 4 is 29.4 Å². The fraction of sp³-hybridized carbons (Fsp3) is 0.500. The van der Waals surface area contributed by atoms with Crippen LogP contribution >= 0.6 is 11.6 Å². The molecular weight excluding hydrogens is 340 g/mol. The molecule has 1 fully saturated rings. The number of likely N-dealkylation sites (tertiary alicyclic amines) is 1. The van der Waals surface area contributed by atoms with Crippen LogP contribution in [0.5, 0.6) is 0 Å². The summed E-state index contributed by atoms with van der Waals surface area (Å²) in [5.41, 5.74) is 1.09. The first kappa shape index (κ1) is 19.2. The van der Waals surface area contributed by atoms with Gasteiger partial charge in [-0.2, -0.15) is 0 Å². The number of piperidine rings is 1. The maximum absolute atomic E-state index is 11.8. The molecule has 1 aromatic rings. The van der Waals surface area contributed by atoms with Crippen LogP contribution in [0.4, 0.5) is 0 Å². The number of halogens is 1. The summed E-state index contributed by atoms with van der Waals surface area (Å²) < 4.78 is 0. The van der Waals surface area contributed by atoms with Crippen molar-refractivity contribution in [3.8, 4) is 0 Å². The van der Waals surface area contributed by atoms with Gasteiger partial charge in [0.1, 0.15) is 0 Å². The van der Waals surface area contributed by atoms with E-state index in [1.807, 2.05) is 38.1 Å². The highest BCUT2D eigenvalue weighted by molar-refractivity contribution is 6.30. The van der Waals surface area contributed by atoms with Crippen LogP contribution in [0.1, 0.15) is 44.7 Å². The third kappa shape index (κ3) is 5.74. The number of benzene rings is 1. The zero-order chi connectivity index (χ0) is 18.2. The van der Waals surface area contributed by atoms with E-state index in [2.05, 4.69) is 15.6 Å². The normalized spacial score (nSPS) is 16.8. The lowest BCUT2D eigenvalue weighted by atomic mass is 10.1. The predicted molar refractivity (Wildman–Crippen MR) is 99.6 cm³/mol. The molecule has 2 rings (SSSR count). The molecule has 25 heavy (non-hydrogen) atoms. The lowest BCUT2D eigenvalue weighted by Crippen LogP contribution is -2.42. The largest absolute Gasteiger partial charge is 0.357 e. The number of aliphatic imine (C=N–C) groups is 1. The Morgan fingerprint density at radius 3 is 2.48 bits per heavy atom. The van der Waals surface area contributed by atoms with Gasteiger partial charge in [-0.15, -0.1) is 0 Å². The molecule has 0 radical (unpaired) electrons. The van der Waals surface area contributed by atoms with Crippen molar-refractivity contribution in [1.82, 2.24) is 15.5 Å². The average molecular weight is 365 g/mol. The summed E-state index contributed by atoms with van der Waals surface area (Å²) in [5, 5.41) is 7.20. The lowest BCUT2D eigenvalue weighted by Gasteiger charge is -2.24. The molecule has 0 saturated carbocycles. The van der Waals surface area contributed by atoms with E-state index >= 15 is 0 Å². The zero-order valence-corrected chi connectivity index (χ0v) is 15.5. The first-order valence-corrected chi connectivity index (χ1v) is 9.02. The van der Waals surface area contributed by atoms with Gasteiger partial charge in [0, 0.05) is 31.0 Å². The summed E-state index contributed by atoms with van der Waals surface area (Å²) >= 11 is 5.92. The van der Waals surface area contributed by atoms with Crippen LogP contribution in [-0.4, -0.2) is 42.3 Å². The quantitative estimate of drug-likeness (QED) is 0.462. The number of nitrogens with zero attached hydrogens (tertiary/aromatic N) is 2. The molecule has 1 aromatic carbocycles. The van der Waals surface area contributed by atoms with Crippen molar-refractivity contribution in [3.63, 3.8) is 0 Å². The van der Waals surface area contributed by atoms with E-state index in [1.54, 1.807) is 0 Å². The molecule has 1 unspecified atom stereocenters. The summed E-state index contributed by atoms with van der Waals surface area (Å²) in [7, 11) is 0. The molecule has 1 atom stereocenters. The second-order valence-electron chi connectivity index (χ2n) is 5.97. The lowest BCUT2D eigenvalue weighted by molar-refractivity contribution is -0.147. The summed E-state index contributed by atoms with van der Waals surface area (Å²) in [6.45, 7) is 5.44. The fourth-order valence-electron chi connectivity index (χ4n) is 2.67. The van der Waals surface area contributed by atoms with E-state index in [0.29, 0.717) is 43.3 Å². The Bertz CT molecular complexity index is 614. The van der Waals surface area contributed by atoms with Gasteiger partial charge in [0.15, 0.2) is 5.96 Å². The molecule has 1 saturated heterocycles. The minimum absolute atomic E-state index is 0.0494. The number of imide groups is 1. The third-order valence-corrected chi connectivity index (χ3v) is 4.30. The number of hydrogen-bond acceptors (Lipinski definition) is 3. The van der Waals surface area contributed by atoms with Crippen molar-refractivity contribution < 1.29 is 9.59 Å². The van der Waals surface area contributed by atoms with Gasteiger partial charge in [-0.1, -0.05) is 23.7 Å². The van der Waals surface area contributed by atoms with E-state index in [9.17, 15) is 9.59 Å². The zero-order valence-electron chi connectivity index (χ0n) is 14.7. The molecule has 0 spiro atoms. The standard InChI is InChI=1S/C18H25ClN4O2/c1-3-20-18(22-13(2)14-7-9-15(19)10-8-14)21-11-12-23-16(24)5-4-6-17(23)25/h7-10,13H,3-6,11-12H2,1-2H3,(H2,20,21,22). The maximum atomic E-state index is 11.8. The molecular formula is C18H25ClN4O2. The summed E-state index contributed by atoms with van der Waals surface area (Å²) in [6.07, 6.45) is 1.54. The summed E-state index contributed by atoms with van der Waals surface area (Å²) in [4.78, 5) is 29.4. The smallest absolute Gasteiger partial charge is 0.229 e. The van der Waals surface area contributed by atoms with E-state index in [-0.39, 0.29) is 17.9 Å². The van der Waals surface area contributed by atoms with Gasteiger partial charge >= 0.3 is 0 Å². The van der Waals surface area contributed by atoms with Gasteiger partial charge in [0.05, 0.1) is 12.6 Å². The number of rotatable bonds is 6. The van der Waals surface area contributed by atoms with Crippen LogP contribution in [-0.2, 0) is 9.59 Å². The Morgan fingerprint density at radius 2 is 1.88 bits per heavy atom. The van der Waals surface area contributed by atoms with Gasteiger partial charge < -0.3 is 10.6 Å². The average Bonchev–Trinajstić information content (AvgIpc) is 2.58. The first-order chi connectivity index (χ1) is 12.0. The van der Waals surface area contributed by atoms with Crippen LogP contribution in [0.2, 0.25) is 5.02 Å². The summed E-state index contributed by atoms with van der Waals surface area (Å²) in [5.74, 6) is 0.458. The Balaban J connectivity index is 1.94. The van der Waals surface area contributed by atoms with Crippen molar-refractivity contribution in [3.05, 3.63) is 34.9 Å². The Labute approximate surface area is 153 Å². The molecule has 2 N–H and O–H groups in total. The van der Waals surface area contributed by atoms with Gasteiger partial charge in [-0.05, 0) is 38.0 Å². The topological polar surface area (TPSA) is 73.8 Å². The van der Waals surface area contributed by atoms with Crippen LogP contribution in [0.3, 0.4) is 0 Å². The molecule has 136 valence electrons. The molecule has 0 aliphatic carbocycles. The number of carbonyl (C=O) groups is 2. The minimum atomic E-state index is -0.0982. The van der Waals surface area contributed by atoms with Crippen LogP contribution < -0.4 is 10.6 Å². The molecule has 0 bridgehead atoms. The monoisotopic (exact) mass is 364 g/mol. The number of amides is 2. The molecule has 2 amide bonds.